The molecule has 11 nitrogen and oxygen atoms in total. The molecule has 0 unspecified atom stereocenters. The smallest absolute Gasteiger partial charge is 0.270 e. The van der Waals surface area contributed by atoms with E-state index in [1.54, 1.807) is 32.3 Å². The number of nitriles is 1. The molecule has 0 bridgehead atoms. The van der Waals surface area contributed by atoms with Crippen LogP contribution in [0.25, 0.3) is 16.7 Å². The third kappa shape index (κ3) is 2.74. The molecule has 2 amide bonds. The minimum absolute atomic E-state index is 0.304. The lowest BCUT2D eigenvalue weighted by Gasteiger charge is -2.30. The van der Waals surface area contributed by atoms with E-state index in [0.717, 1.165) is 12.1 Å². The Labute approximate surface area is 156 Å². The molecule has 0 spiro atoms. The molecule has 134 valence electrons. The third-order valence-electron chi connectivity index (χ3n) is 3.93. The lowest BCUT2D eigenvalue weighted by atomic mass is 10.2. The summed E-state index contributed by atoms with van der Waals surface area (Å²) in [7, 11) is 3.13. The number of likely N-dealkylation sites (N-methyl/N-ethyl adjacent to an activating group) is 2. The molecular formula is C15H11N9O2S. The Bertz CT molecular complexity index is 1150. The van der Waals surface area contributed by atoms with Crippen LogP contribution in [0.5, 0.6) is 0 Å². The van der Waals surface area contributed by atoms with Gasteiger partial charge >= 0.3 is 0 Å². The Hall–Kier alpha value is -3.59. The number of rotatable bonds is 2. The van der Waals surface area contributed by atoms with Gasteiger partial charge in [-0.3, -0.25) is 18.2 Å². The molecule has 0 aliphatic carbocycles. The van der Waals surface area contributed by atoms with E-state index in [2.05, 4.69) is 25.5 Å². The number of nitrogens with zero attached hydrogens (tertiary/aromatic N) is 9. The van der Waals surface area contributed by atoms with Crippen LogP contribution in [0, 0.1) is 11.3 Å². The van der Waals surface area contributed by atoms with E-state index in [-0.39, 0.29) is 0 Å². The lowest BCUT2D eigenvalue weighted by molar-refractivity contribution is -0.138. The summed E-state index contributed by atoms with van der Waals surface area (Å²) in [6.07, 6.45) is 1.40. The molecule has 0 atom stereocenters. The average Bonchev–Trinajstić information content (AvgIpc) is 3.10. The Balaban J connectivity index is 1.74. The Morgan fingerprint density at radius 2 is 1.93 bits per heavy atom. The van der Waals surface area contributed by atoms with Crippen molar-refractivity contribution in [3.05, 3.63) is 30.0 Å². The second-order valence-electron chi connectivity index (χ2n) is 5.65. The van der Waals surface area contributed by atoms with Crippen LogP contribution in [-0.4, -0.2) is 60.4 Å². The first-order valence-electron chi connectivity index (χ1n) is 7.68. The highest BCUT2D eigenvalue weighted by Gasteiger charge is 2.38. The third-order valence-corrected chi connectivity index (χ3v) is 4.78. The number of hydrogen-bond acceptors (Lipinski definition) is 9. The summed E-state index contributed by atoms with van der Waals surface area (Å²) in [5.74, 6) is -0.877. The van der Waals surface area contributed by atoms with E-state index in [9.17, 15) is 9.59 Å². The first-order valence-corrected chi connectivity index (χ1v) is 8.41. The number of benzene rings is 1. The van der Waals surface area contributed by atoms with Gasteiger partial charge in [0.1, 0.15) is 17.1 Å². The molecule has 12 heteroatoms. The number of fused-ring (bicyclic) bond motifs is 3. The van der Waals surface area contributed by atoms with Gasteiger partial charge < -0.3 is 0 Å². The van der Waals surface area contributed by atoms with E-state index in [1.165, 1.54) is 19.3 Å². The zero-order valence-electron chi connectivity index (χ0n) is 14.1. The Morgan fingerprint density at radius 1 is 1.19 bits per heavy atom. The summed E-state index contributed by atoms with van der Waals surface area (Å²) in [5.41, 5.74) is 2.17. The molecule has 2 aromatic heterocycles. The fourth-order valence-electron chi connectivity index (χ4n) is 2.56. The lowest BCUT2D eigenvalue weighted by Crippen LogP contribution is -2.48. The number of amides is 2. The van der Waals surface area contributed by atoms with Crippen LogP contribution < -0.4 is 0 Å². The standard InChI is InChI=1S/C15H11N9O2S/c1-22-14(25)12(15(26)23(2)27-22)20-18-9-3-4-10-11(5-9)24-13(21-19-10)8(6-16)7-17-24/h3-5,7,12H,1-2H3. The molecule has 1 aromatic carbocycles. The zero-order chi connectivity index (χ0) is 19.1. The quantitative estimate of drug-likeness (QED) is 0.369. The number of azo groups is 1. The molecule has 3 heterocycles. The maximum Gasteiger partial charge on any atom is 0.270 e. The summed E-state index contributed by atoms with van der Waals surface area (Å²) in [6.45, 7) is 0. The van der Waals surface area contributed by atoms with Gasteiger partial charge in [-0.1, -0.05) is 0 Å². The molecule has 1 aliphatic heterocycles. The Morgan fingerprint density at radius 3 is 2.63 bits per heavy atom. The van der Waals surface area contributed by atoms with E-state index in [4.69, 9.17) is 5.26 Å². The first-order chi connectivity index (χ1) is 13.0. The van der Waals surface area contributed by atoms with E-state index in [0.29, 0.717) is 27.9 Å². The predicted molar refractivity (Wildman–Crippen MR) is 94.4 cm³/mol. The molecule has 27 heavy (non-hydrogen) atoms. The highest BCUT2D eigenvalue weighted by atomic mass is 32.2. The second kappa shape index (κ2) is 6.29. The van der Waals surface area contributed by atoms with Crippen LogP contribution in [0.1, 0.15) is 5.56 Å². The first kappa shape index (κ1) is 16.9. The number of hydrogen-bond donors (Lipinski definition) is 0. The molecule has 0 radical (unpaired) electrons. The highest BCUT2D eigenvalue weighted by molar-refractivity contribution is 7.95. The van der Waals surface area contributed by atoms with Gasteiger partial charge in [-0.05, 0) is 18.2 Å². The van der Waals surface area contributed by atoms with Crippen molar-refractivity contribution in [3.63, 3.8) is 0 Å². The van der Waals surface area contributed by atoms with Crippen molar-refractivity contribution in [2.75, 3.05) is 14.1 Å². The van der Waals surface area contributed by atoms with Crippen molar-refractivity contribution in [2.24, 2.45) is 10.2 Å². The number of carbonyl (C=O) groups excluding carboxylic acids is 2. The topological polar surface area (TPSA) is 132 Å². The average molecular weight is 381 g/mol. The van der Waals surface area contributed by atoms with Gasteiger partial charge in [-0.25, -0.2) is 4.52 Å². The maximum atomic E-state index is 12.2. The summed E-state index contributed by atoms with van der Waals surface area (Å²) in [5, 5.41) is 29.3. The van der Waals surface area contributed by atoms with Crippen LogP contribution in [0.15, 0.2) is 34.6 Å². The molecule has 3 aromatic rings. The summed E-state index contributed by atoms with van der Waals surface area (Å²) < 4.78 is 4.14. The largest absolute Gasteiger partial charge is 0.271 e. The van der Waals surface area contributed by atoms with E-state index < -0.39 is 17.9 Å². The monoisotopic (exact) mass is 381 g/mol. The van der Waals surface area contributed by atoms with Crippen LogP contribution in [0.3, 0.4) is 0 Å². The van der Waals surface area contributed by atoms with Crippen molar-refractivity contribution in [3.8, 4) is 6.07 Å². The van der Waals surface area contributed by atoms with Crippen molar-refractivity contribution in [1.82, 2.24) is 28.4 Å². The fourth-order valence-corrected chi connectivity index (χ4v) is 3.29. The van der Waals surface area contributed by atoms with E-state index >= 15 is 0 Å². The molecule has 4 rings (SSSR count). The summed E-state index contributed by atoms with van der Waals surface area (Å²) in [6, 6.07) is 5.74. The van der Waals surface area contributed by atoms with Gasteiger partial charge in [0.05, 0.1) is 29.5 Å². The molecule has 1 fully saturated rings. The zero-order valence-corrected chi connectivity index (χ0v) is 15.0. The van der Waals surface area contributed by atoms with Gasteiger partial charge in [0.15, 0.2) is 5.65 Å². The van der Waals surface area contributed by atoms with Crippen LogP contribution >= 0.6 is 12.1 Å². The number of aromatic nitrogens is 4. The van der Waals surface area contributed by atoms with Gasteiger partial charge in [0.2, 0.25) is 6.04 Å². The van der Waals surface area contributed by atoms with Gasteiger partial charge in [0.25, 0.3) is 11.8 Å². The minimum Gasteiger partial charge on any atom is -0.271 e. The molecule has 0 saturated carbocycles. The summed E-state index contributed by atoms with van der Waals surface area (Å²) >= 11 is 1.00. The van der Waals surface area contributed by atoms with Crippen molar-refractivity contribution >= 4 is 46.3 Å². The molecule has 0 N–H and O–H groups in total. The van der Waals surface area contributed by atoms with Crippen LogP contribution in [0.2, 0.25) is 0 Å². The molecular weight excluding hydrogens is 370 g/mol. The van der Waals surface area contributed by atoms with Gasteiger partial charge in [-0.15, -0.1) is 10.2 Å². The maximum absolute atomic E-state index is 12.2. The predicted octanol–water partition coefficient (Wildman–Crippen LogP) is 1.10. The van der Waals surface area contributed by atoms with Gasteiger partial charge in [-0.2, -0.15) is 20.6 Å². The highest BCUT2D eigenvalue weighted by Crippen LogP contribution is 2.25. The van der Waals surface area contributed by atoms with E-state index in [1.807, 2.05) is 6.07 Å². The Kier molecular flexibility index (Phi) is 3.93. The van der Waals surface area contributed by atoms with Crippen LogP contribution in [0.4, 0.5) is 5.69 Å². The normalized spacial score (nSPS) is 16.0. The van der Waals surface area contributed by atoms with Crippen molar-refractivity contribution < 1.29 is 9.59 Å². The molecule has 1 aliphatic rings. The van der Waals surface area contributed by atoms with Crippen LogP contribution in [-0.2, 0) is 9.59 Å². The summed E-state index contributed by atoms with van der Waals surface area (Å²) in [4.78, 5) is 24.3. The van der Waals surface area contributed by atoms with Gasteiger partial charge in [0, 0.05) is 14.1 Å². The van der Waals surface area contributed by atoms with Crippen molar-refractivity contribution in [2.45, 2.75) is 6.04 Å². The second-order valence-corrected chi connectivity index (χ2v) is 6.91. The number of carbonyl (C=O) groups is 2. The minimum atomic E-state index is -1.22. The molecule has 1 saturated heterocycles. The SMILES string of the molecule is CN1SN(C)C(=O)C(N=Nc2ccc3nnc4c(C#N)cnn4c3c2)C1=O. The fraction of sp³-hybridized carbons (Fsp3) is 0.200. The van der Waals surface area contributed by atoms with Crippen molar-refractivity contribution in [1.29, 1.82) is 5.26 Å².